The first-order valence-electron chi connectivity index (χ1n) is 3.40. The Labute approximate surface area is 63.2 Å². The van der Waals surface area contributed by atoms with Crippen molar-refractivity contribution in [3.05, 3.63) is 0 Å². The van der Waals surface area contributed by atoms with Crippen molar-refractivity contribution in [2.45, 2.75) is 31.0 Å². The van der Waals surface area contributed by atoms with Crippen LogP contribution in [0.5, 0.6) is 0 Å². The van der Waals surface area contributed by atoms with Gasteiger partial charge in [0.25, 0.3) is 0 Å². The molecule has 11 heavy (non-hydrogen) atoms. The molecule has 4 unspecified atom stereocenters. The van der Waals surface area contributed by atoms with Crippen molar-refractivity contribution in [3.63, 3.8) is 0 Å². The van der Waals surface area contributed by atoms with Gasteiger partial charge in [-0.25, -0.2) is 4.39 Å². The molecule has 1 saturated heterocycles. The van der Waals surface area contributed by atoms with Gasteiger partial charge in [0.15, 0.2) is 6.29 Å². The molecule has 1 fully saturated rings. The second kappa shape index (κ2) is 3.44. The van der Waals surface area contributed by atoms with Gasteiger partial charge in [-0.3, -0.25) is 0 Å². The van der Waals surface area contributed by atoms with E-state index in [-0.39, 0.29) is 6.42 Å². The lowest BCUT2D eigenvalue weighted by atomic mass is 10.0. The fourth-order valence-corrected chi connectivity index (χ4v) is 1.06. The molecule has 1 rings (SSSR count). The summed E-state index contributed by atoms with van der Waals surface area (Å²) in [5.41, 5.74) is 0. The zero-order valence-electron chi connectivity index (χ0n) is 5.85. The van der Waals surface area contributed by atoms with Crippen molar-refractivity contribution >= 4 is 0 Å². The molecule has 0 saturated carbocycles. The molecule has 0 aromatic heterocycles. The van der Waals surface area contributed by atoms with Crippen molar-refractivity contribution in [1.82, 2.24) is 0 Å². The summed E-state index contributed by atoms with van der Waals surface area (Å²) >= 11 is 0. The molecular weight excluding hydrogens is 155 g/mol. The molecule has 66 valence electrons. The van der Waals surface area contributed by atoms with Crippen LogP contribution in [0.2, 0.25) is 0 Å². The summed E-state index contributed by atoms with van der Waals surface area (Å²) in [6.45, 7) is -0.907. The second-order valence-electron chi connectivity index (χ2n) is 2.58. The van der Waals surface area contributed by atoms with Crippen LogP contribution in [0.25, 0.3) is 0 Å². The quantitative estimate of drug-likeness (QED) is 0.457. The first-order valence-corrected chi connectivity index (χ1v) is 3.40. The van der Waals surface area contributed by atoms with Crippen LogP contribution in [-0.2, 0) is 4.74 Å². The Morgan fingerprint density at radius 3 is 2.55 bits per heavy atom. The SMILES string of the molecule is OC1CC(O)C(O)C(CF)O1. The highest BCUT2D eigenvalue weighted by Crippen LogP contribution is 2.18. The van der Waals surface area contributed by atoms with Crippen molar-refractivity contribution in [2.75, 3.05) is 6.67 Å². The first-order chi connectivity index (χ1) is 5.15. The van der Waals surface area contributed by atoms with E-state index < -0.39 is 31.3 Å². The summed E-state index contributed by atoms with van der Waals surface area (Å²) < 4.78 is 16.6. The van der Waals surface area contributed by atoms with Crippen LogP contribution in [0.3, 0.4) is 0 Å². The summed E-state index contributed by atoms with van der Waals surface area (Å²) in [4.78, 5) is 0. The largest absolute Gasteiger partial charge is 0.390 e. The average molecular weight is 166 g/mol. The lowest BCUT2D eigenvalue weighted by Gasteiger charge is -2.33. The van der Waals surface area contributed by atoms with Crippen LogP contribution >= 0.6 is 0 Å². The standard InChI is InChI=1S/C6H11FO4/c7-2-4-6(10)3(8)1-5(9)11-4/h3-6,8-10H,1-2H2. The Morgan fingerprint density at radius 1 is 1.36 bits per heavy atom. The molecular formula is C6H11FO4. The van der Waals surface area contributed by atoms with E-state index in [1.165, 1.54) is 0 Å². The van der Waals surface area contributed by atoms with E-state index in [1.54, 1.807) is 0 Å². The molecule has 4 nitrogen and oxygen atoms in total. The number of hydrogen-bond acceptors (Lipinski definition) is 4. The maximum absolute atomic E-state index is 12.0. The maximum atomic E-state index is 12.0. The van der Waals surface area contributed by atoms with Gasteiger partial charge < -0.3 is 20.1 Å². The van der Waals surface area contributed by atoms with E-state index in [0.717, 1.165) is 0 Å². The van der Waals surface area contributed by atoms with Gasteiger partial charge in [0.1, 0.15) is 18.9 Å². The Bertz CT molecular complexity index is 132. The minimum Gasteiger partial charge on any atom is -0.390 e. The predicted octanol–water partition coefficient (Wildman–Crippen LogP) is -1.22. The second-order valence-corrected chi connectivity index (χ2v) is 2.58. The fourth-order valence-electron chi connectivity index (χ4n) is 1.06. The summed E-state index contributed by atoms with van der Waals surface area (Å²) in [6, 6.07) is 0. The number of alkyl halides is 1. The van der Waals surface area contributed by atoms with Crippen LogP contribution in [0.4, 0.5) is 4.39 Å². The van der Waals surface area contributed by atoms with Gasteiger partial charge in [0.05, 0.1) is 6.10 Å². The number of ether oxygens (including phenoxy) is 1. The topological polar surface area (TPSA) is 69.9 Å². The van der Waals surface area contributed by atoms with Gasteiger partial charge in [-0.1, -0.05) is 0 Å². The third-order valence-electron chi connectivity index (χ3n) is 1.70. The summed E-state index contributed by atoms with van der Waals surface area (Å²) in [5.74, 6) is 0. The molecule has 5 heteroatoms. The Kier molecular flexibility index (Phi) is 2.78. The highest BCUT2D eigenvalue weighted by molar-refractivity contribution is 4.81. The van der Waals surface area contributed by atoms with E-state index in [1.807, 2.05) is 0 Å². The number of aliphatic hydroxyl groups excluding tert-OH is 3. The number of aliphatic hydroxyl groups is 3. The van der Waals surface area contributed by atoms with Crippen LogP contribution in [-0.4, -0.2) is 46.6 Å². The van der Waals surface area contributed by atoms with Gasteiger partial charge in [0.2, 0.25) is 0 Å². The molecule has 4 atom stereocenters. The molecule has 0 amide bonds. The average Bonchev–Trinajstić information content (AvgIpc) is 1.96. The molecule has 1 heterocycles. The number of halogens is 1. The zero-order chi connectivity index (χ0) is 8.43. The zero-order valence-corrected chi connectivity index (χ0v) is 5.85. The smallest absolute Gasteiger partial charge is 0.157 e. The lowest BCUT2D eigenvalue weighted by molar-refractivity contribution is -0.234. The Morgan fingerprint density at radius 2 is 2.00 bits per heavy atom. The highest BCUT2D eigenvalue weighted by Gasteiger charge is 2.35. The molecule has 0 radical (unpaired) electrons. The molecule has 3 N–H and O–H groups in total. The normalized spacial score (nSPS) is 45.8. The Hall–Kier alpha value is -0.230. The van der Waals surface area contributed by atoms with Crippen molar-refractivity contribution in [1.29, 1.82) is 0 Å². The van der Waals surface area contributed by atoms with E-state index >= 15 is 0 Å². The van der Waals surface area contributed by atoms with Crippen LogP contribution in [0, 0.1) is 0 Å². The van der Waals surface area contributed by atoms with Crippen LogP contribution in [0.1, 0.15) is 6.42 Å². The van der Waals surface area contributed by atoms with E-state index in [0.29, 0.717) is 0 Å². The minimum absolute atomic E-state index is 0.0718. The third kappa shape index (κ3) is 1.87. The summed E-state index contributed by atoms with van der Waals surface area (Å²) in [7, 11) is 0. The molecule has 1 aliphatic heterocycles. The van der Waals surface area contributed by atoms with Gasteiger partial charge in [0, 0.05) is 6.42 Å². The van der Waals surface area contributed by atoms with Gasteiger partial charge in [-0.15, -0.1) is 0 Å². The first kappa shape index (κ1) is 8.86. The van der Waals surface area contributed by atoms with Crippen molar-refractivity contribution in [3.8, 4) is 0 Å². The Balaban J connectivity index is 2.51. The lowest BCUT2D eigenvalue weighted by Crippen LogP contribution is -2.49. The highest BCUT2D eigenvalue weighted by atomic mass is 19.1. The van der Waals surface area contributed by atoms with E-state index in [4.69, 9.17) is 15.3 Å². The van der Waals surface area contributed by atoms with Gasteiger partial charge in [-0.05, 0) is 0 Å². The predicted molar refractivity (Wildman–Crippen MR) is 33.5 cm³/mol. The molecule has 0 spiro atoms. The number of rotatable bonds is 1. The minimum atomic E-state index is -1.23. The monoisotopic (exact) mass is 166 g/mol. The van der Waals surface area contributed by atoms with E-state index in [2.05, 4.69) is 4.74 Å². The van der Waals surface area contributed by atoms with Gasteiger partial charge >= 0.3 is 0 Å². The van der Waals surface area contributed by atoms with E-state index in [9.17, 15) is 4.39 Å². The molecule has 0 aliphatic carbocycles. The molecule has 1 aliphatic rings. The maximum Gasteiger partial charge on any atom is 0.157 e. The third-order valence-corrected chi connectivity index (χ3v) is 1.70. The van der Waals surface area contributed by atoms with Crippen LogP contribution in [0.15, 0.2) is 0 Å². The van der Waals surface area contributed by atoms with Crippen molar-refractivity contribution < 1.29 is 24.4 Å². The number of hydrogen-bond donors (Lipinski definition) is 3. The molecule has 0 bridgehead atoms. The van der Waals surface area contributed by atoms with Crippen molar-refractivity contribution in [2.24, 2.45) is 0 Å². The molecule has 0 aromatic rings. The fraction of sp³-hybridized carbons (Fsp3) is 1.00. The summed E-state index contributed by atoms with van der Waals surface area (Å²) in [6.07, 6.45) is -4.68. The summed E-state index contributed by atoms with van der Waals surface area (Å²) in [5, 5.41) is 26.9. The van der Waals surface area contributed by atoms with Crippen LogP contribution < -0.4 is 0 Å². The molecule has 0 aromatic carbocycles. The van der Waals surface area contributed by atoms with Gasteiger partial charge in [-0.2, -0.15) is 0 Å².